The molecule has 0 heterocycles. The fourth-order valence-electron chi connectivity index (χ4n) is 1.13. The summed E-state index contributed by atoms with van der Waals surface area (Å²) in [5.74, 6) is -0.781. The van der Waals surface area contributed by atoms with E-state index in [1.54, 1.807) is 0 Å². The molecule has 0 aliphatic rings. The highest BCUT2D eigenvalue weighted by Crippen LogP contribution is 1.96. The summed E-state index contributed by atoms with van der Waals surface area (Å²) in [4.78, 5) is 10.7. The minimum Gasteiger partial charge on any atom is -0.480 e. The lowest BCUT2D eigenvalue weighted by Gasteiger charge is -2.14. The van der Waals surface area contributed by atoms with Gasteiger partial charge in [0.2, 0.25) is 0 Å². The molecular weight excluding hydrogens is 182 g/mol. The fraction of sp³-hybridized carbons (Fsp3) is 0.900. The molecule has 0 aromatic heterocycles. The van der Waals surface area contributed by atoms with Crippen LogP contribution < -0.4 is 5.32 Å². The average molecular weight is 203 g/mol. The van der Waals surface area contributed by atoms with Gasteiger partial charge in [-0.3, -0.25) is 4.79 Å². The van der Waals surface area contributed by atoms with E-state index in [0.29, 0.717) is 19.6 Å². The second-order valence-electron chi connectivity index (χ2n) is 3.55. The fourth-order valence-corrected chi connectivity index (χ4v) is 1.13. The lowest BCUT2D eigenvalue weighted by Crippen LogP contribution is -2.38. The van der Waals surface area contributed by atoms with Crippen molar-refractivity contribution in [2.75, 3.05) is 13.2 Å². The first-order chi connectivity index (χ1) is 6.57. The van der Waals surface area contributed by atoms with Gasteiger partial charge in [-0.2, -0.15) is 0 Å². The summed E-state index contributed by atoms with van der Waals surface area (Å²) in [6, 6.07) is -0.434. The van der Waals surface area contributed by atoms with Crippen LogP contribution in [-0.4, -0.2) is 36.4 Å². The van der Waals surface area contributed by atoms with Crippen LogP contribution in [0, 0.1) is 0 Å². The first-order valence-corrected chi connectivity index (χ1v) is 5.15. The van der Waals surface area contributed by atoms with E-state index in [0.717, 1.165) is 6.42 Å². The Morgan fingerprint density at radius 2 is 2.14 bits per heavy atom. The molecule has 0 radical (unpaired) electrons. The van der Waals surface area contributed by atoms with E-state index in [1.807, 2.05) is 20.8 Å². The normalized spacial score (nSPS) is 13.1. The summed E-state index contributed by atoms with van der Waals surface area (Å²) < 4.78 is 5.29. The maximum Gasteiger partial charge on any atom is 0.320 e. The van der Waals surface area contributed by atoms with Crippen LogP contribution >= 0.6 is 0 Å². The Kier molecular flexibility index (Phi) is 7.42. The molecule has 0 amide bonds. The molecule has 14 heavy (non-hydrogen) atoms. The lowest BCUT2D eigenvalue weighted by atomic mass is 10.2. The van der Waals surface area contributed by atoms with Crippen molar-refractivity contribution in [3.63, 3.8) is 0 Å². The van der Waals surface area contributed by atoms with E-state index in [-0.39, 0.29) is 6.10 Å². The monoisotopic (exact) mass is 203 g/mol. The molecule has 0 aromatic rings. The number of aliphatic carboxylic acids is 1. The summed E-state index contributed by atoms with van der Waals surface area (Å²) in [7, 11) is 0. The van der Waals surface area contributed by atoms with Crippen molar-refractivity contribution < 1.29 is 14.6 Å². The number of hydrogen-bond donors (Lipinski definition) is 2. The number of nitrogens with one attached hydrogen (secondary N) is 1. The van der Waals surface area contributed by atoms with Crippen LogP contribution in [0.1, 0.15) is 33.6 Å². The molecule has 1 unspecified atom stereocenters. The highest BCUT2D eigenvalue weighted by molar-refractivity contribution is 5.73. The molecule has 4 heteroatoms. The Labute approximate surface area is 85.6 Å². The van der Waals surface area contributed by atoms with Crippen molar-refractivity contribution in [3.8, 4) is 0 Å². The summed E-state index contributed by atoms with van der Waals surface area (Å²) in [5, 5.41) is 11.8. The number of carbonyl (C=O) groups is 1. The molecule has 1 atom stereocenters. The molecule has 2 N–H and O–H groups in total. The zero-order valence-electron chi connectivity index (χ0n) is 9.25. The van der Waals surface area contributed by atoms with E-state index in [9.17, 15) is 4.79 Å². The number of hydrogen-bond acceptors (Lipinski definition) is 3. The highest BCUT2D eigenvalue weighted by Gasteiger charge is 2.14. The molecule has 0 fully saturated rings. The summed E-state index contributed by atoms with van der Waals surface area (Å²) >= 11 is 0. The SMILES string of the molecule is CCCC(NCCOC(C)C)C(=O)O. The van der Waals surface area contributed by atoms with E-state index in [1.165, 1.54) is 0 Å². The summed E-state index contributed by atoms with van der Waals surface area (Å²) in [5.41, 5.74) is 0. The molecular formula is C10H21NO3. The molecule has 4 nitrogen and oxygen atoms in total. The van der Waals surface area contributed by atoms with Gasteiger partial charge in [-0.15, -0.1) is 0 Å². The molecule has 0 aromatic carbocycles. The van der Waals surface area contributed by atoms with Crippen molar-refractivity contribution in [3.05, 3.63) is 0 Å². The summed E-state index contributed by atoms with van der Waals surface area (Å²) in [6.45, 7) is 7.05. The average Bonchev–Trinajstić information content (AvgIpc) is 2.09. The lowest BCUT2D eigenvalue weighted by molar-refractivity contribution is -0.139. The van der Waals surface area contributed by atoms with Crippen LogP contribution in [0.2, 0.25) is 0 Å². The van der Waals surface area contributed by atoms with Gasteiger partial charge in [0.15, 0.2) is 0 Å². The molecule has 0 bridgehead atoms. The van der Waals surface area contributed by atoms with Gasteiger partial charge in [0, 0.05) is 6.54 Å². The van der Waals surface area contributed by atoms with Crippen molar-refractivity contribution >= 4 is 5.97 Å². The second-order valence-corrected chi connectivity index (χ2v) is 3.55. The van der Waals surface area contributed by atoms with Gasteiger partial charge in [0.1, 0.15) is 6.04 Å². The standard InChI is InChI=1S/C10H21NO3/c1-4-5-9(10(12)13)11-6-7-14-8(2)3/h8-9,11H,4-7H2,1-3H3,(H,12,13). The Morgan fingerprint density at radius 3 is 2.57 bits per heavy atom. The maximum atomic E-state index is 10.7. The Hall–Kier alpha value is -0.610. The van der Waals surface area contributed by atoms with Crippen molar-refractivity contribution in [2.45, 2.75) is 45.8 Å². The van der Waals surface area contributed by atoms with Gasteiger partial charge in [-0.1, -0.05) is 13.3 Å². The third-order valence-corrected chi connectivity index (χ3v) is 1.82. The van der Waals surface area contributed by atoms with E-state index >= 15 is 0 Å². The minimum atomic E-state index is -0.781. The Morgan fingerprint density at radius 1 is 1.50 bits per heavy atom. The largest absolute Gasteiger partial charge is 0.480 e. The smallest absolute Gasteiger partial charge is 0.320 e. The third-order valence-electron chi connectivity index (χ3n) is 1.82. The van der Waals surface area contributed by atoms with E-state index in [4.69, 9.17) is 9.84 Å². The number of ether oxygens (including phenoxy) is 1. The van der Waals surface area contributed by atoms with Crippen molar-refractivity contribution in [1.29, 1.82) is 0 Å². The molecule has 84 valence electrons. The van der Waals surface area contributed by atoms with Crippen LogP contribution in [0.4, 0.5) is 0 Å². The van der Waals surface area contributed by atoms with Gasteiger partial charge in [0.25, 0.3) is 0 Å². The van der Waals surface area contributed by atoms with Crippen LogP contribution in [-0.2, 0) is 9.53 Å². The Bertz CT molecular complexity index is 159. The second kappa shape index (κ2) is 7.76. The van der Waals surface area contributed by atoms with Gasteiger partial charge >= 0.3 is 5.97 Å². The first kappa shape index (κ1) is 13.4. The quantitative estimate of drug-likeness (QED) is 0.583. The van der Waals surface area contributed by atoms with Gasteiger partial charge in [-0.25, -0.2) is 0 Å². The predicted molar refractivity (Wildman–Crippen MR) is 55.4 cm³/mol. The van der Waals surface area contributed by atoms with Gasteiger partial charge in [0.05, 0.1) is 12.7 Å². The van der Waals surface area contributed by atoms with Crippen LogP contribution in [0.15, 0.2) is 0 Å². The van der Waals surface area contributed by atoms with E-state index < -0.39 is 12.0 Å². The first-order valence-electron chi connectivity index (χ1n) is 5.15. The number of rotatable bonds is 8. The molecule has 0 saturated heterocycles. The topological polar surface area (TPSA) is 58.6 Å². The molecule has 0 saturated carbocycles. The molecule has 0 aliphatic carbocycles. The maximum absolute atomic E-state index is 10.7. The Balaban J connectivity index is 3.56. The number of carboxylic acid groups (broad SMARTS) is 1. The minimum absolute atomic E-state index is 0.200. The highest BCUT2D eigenvalue weighted by atomic mass is 16.5. The van der Waals surface area contributed by atoms with Crippen LogP contribution in [0.25, 0.3) is 0 Å². The zero-order valence-corrected chi connectivity index (χ0v) is 9.25. The third kappa shape index (κ3) is 6.86. The van der Waals surface area contributed by atoms with Gasteiger partial charge < -0.3 is 15.2 Å². The van der Waals surface area contributed by atoms with E-state index in [2.05, 4.69) is 5.32 Å². The van der Waals surface area contributed by atoms with Gasteiger partial charge in [-0.05, 0) is 20.3 Å². The summed E-state index contributed by atoms with van der Waals surface area (Å²) in [6.07, 6.45) is 1.73. The molecule has 0 rings (SSSR count). The van der Waals surface area contributed by atoms with Crippen LogP contribution in [0.5, 0.6) is 0 Å². The van der Waals surface area contributed by atoms with Crippen molar-refractivity contribution in [2.24, 2.45) is 0 Å². The molecule has 0 aliphatic heterocycles. The molecule has 0 spiro atoms. The number of carboxylic acids is 1. The predicted octanol–water partition coefficient (Wildman–Crippen LogP) is 1.25. The van der Waals surface area contributed by atoms with Crippen molar-refractivity contribution in [1.82, 2.24) is 5.32 Å². The zero-order chi connectivity index (χ0) is 11.0. The van der Waals surface area contributed by atoms with Crippen LogP contribution in [0.3, 0.4) is 0 Å².